The first-order valence-electron chi connectivity index (χ1n) is 6.37. The van der Waals surface area contributed by atoms with Gasteiger partial charge in [0, 0.05) is 37.9 Å². The predicted molar refractivity (Wildman–Crippen MR) is 75.4 cm³/mol. The molecule has 0 fully saturated rings. The zero-order chi connectivity index (χ0) is 14.6. The van der Waals surface area contributed by atoms with E-state index in [2.05, 4.69) is 20.0 Å². The van der Waals surface area contributed by atoms with E-state index >= 15 is 0 Å². The molecule has 0 aliphatic rings. The zero-order valence-corrected chi connectivity index (χ0v) is 12.4. The molecule has 2 aromatic heterocycles. The van der Waals surface area contributed by atoms with Crippen molar-refractivity contribution < 1.29 is 8.42 Å². The first kappa shape index (κ1) is 14.8. The van der Waals surface area contributed by atoms with Crippen LogP contribution in [-0.4, -0.2) is 29.5 Å². The Morgan fingerprint density at radius 2 is 2.20 bits per heavy atom. The Morgan fingerprint density at radius 3 is 2.85 bits per heavy atom. The third kappa shape index (κ3) is 3.47. The van der Waals surface area contributed by atoms with Gasteiger partial charge in [0.05, 0.1) is 11.4 Å². The Balaban J connectivity index is 2.03. The molecule has 3 N–H and O–H groups in total. The Kier molecular flexibility index (Phi) is 4.58. The van der Waals surface area contributed by atoms with E-state index in [-0.39, 0.29) is 11.4 Å². The highest BCUT2D eigenvalue weighted by Crippen LogP contribution is 2.11. The first-order chi connectivity index (χ1) is 9.53. The van der Waals surface area contributed by atoms with Crippen LogP contribution in [0.5, 0.6) is 0 Å². The van der Waals surface area contributed by atoms with Gasteiger partial charge in [0.1, 0.15) is 5.82 Å². The van der Waals surface area contributed by atoms with Crippen molar-refractivity contribution in [3.8, 4) is 0 Å². The lowest BCUT2D eigenvalue weighted by Gasteiger charge is -2.04. The molecule has 2 rings (SSSR count). The van der Waals surface area contributed by atoms with Crippen LogP contribution in [0.4, 0.5) is 0 Å². The third-order valence-electron chi connectivity index (χ3n) is 2.93. The Hall–Kier alpha value is -1.64. The van der Waals surface area contributed by atoms with E-state index in [1.54, 1.807) is 23.0 Å². The minimum Gasteiger partial charge on any atom is -0.363 e. The van der Waals surface area contributed by atoms with Gasteiger partial charge < -0.3 is 14.9 Å². The number of aryl methyl sites for hydroxylation is 1. The van der Waals surface area contributed by atoms with Gasteiger partial charge in [-0.1, -0.05) is 6.92 Å². The summed E-state index contributed by atoms with van der Waals surface area (Å²) in [5.74, 6) is 0.664. The number of aromatic nitrogens is 3. The van der Waals surface area contributed by atoms with Gasteiger partial charge >= 0.3 is 0 Å². The summed E-state index contributed by atoms with van der Waals surface area (Å²) in [6, 6.07) is 1.63. The molecule has 0 saturated heterocycles. The molecule has 0 bridgehead atoms. The van der Waals surface area contributed by atoms with Gasteiger partial charge in [-0.05, 0) is 12.6 Å². The molecule has 0 atom stereocenters. The number of rotatable bonds is 7. The van der Waals surface area contributed by atoms with Crippen LogP contribution < -0.4 is 10.0 Å². The van der Waals surface area contributed by atoms with Crippen LogP contribution in [0.3, 0.4) is 0 Å². The van der Waals surface area contributed by atoms with E-state index < -0.39 is 10.0 Å². The molecule has 0 amide bonds. The number of aromatic amines is 1. The van der Waals surface area contributed by atoms with Crippen molar-refractivity contribution in [1.82, 2.24) is 24.6 Å². The van der Waals surface area contributed by atoms with Gasteiger partial charge in [-0.3, -0.25) is 0 Å². The number of nitrogens with zero attached hydrogens (tertiary/aromatic N) is 2. The average Bonchev–Trinajstić information content (AvgIpc) is 3.03. The SMILES string of the molecule is CCNCc1cc(S(=O)(=O)NCc2nccn2C)c[nH]1. The van der Waals surface area contributed by atoms with Gasteiger partial charge in [0.15, 0.2) is 0 Å². The van der Waals surface area contributed by atoms with E-state index in [0.29, 0.717) is 12.4 Å². The minimum absolute atomic E-state index is 0.166. The van der Waals surface area contributed by atoms with Crippen LogP contribution >= 0.6 is 0 Å². The summed E-state index contributed by atoms with van der Waals surface area (Å²) in [6.07, 6.45) is 4.90. The van der Waals surface area contributed by atoms with Crippen molar-refractivity contribution in [2.75, 3.05) is 6.54 Å². The fraction of sp³-hybridized carbons (Fsp3) is 0.417. The second kappa shape index (κ2) is 6.21. The molecule has 0 aliphatic heterocycles. The molecular formula is C12H19N5O2S. The normalized spacial score (nSPS) is 11.9. The largest absolute Gasteiger partial charge is 0.363 e. The molecule has 0 radical (unpaired) electrons. The Labute approximate surface area is 118 Å². The van der Waals surface area contributed by atoms with Crippen molar-refractivity contribution in [2.45, 2.75) is 24.9 Å². The molecule has 0 aliphatic carbocycles. The van der Waals surface area contributed by atoms with Gasteiger partial charge in [0.25, 0.3) is 0 Å². The molecule has 110 valence electrons. The summed E-state index contributed by atoms with van der Waals surface area (Å²) in [5.41, 5.74) is 0.837. The van der Waals surface area contributed by atoms with E-state index in [1.165, 1.54) is 6.20 Å². The summed E-state index contributed by atoms with van der Waals surface area (Å²) in [4.78, 5) is 7.26. The lowest BCUT2D eigenvalue weighted by atomic mass is 10.4. The number of nitrogens with one attached hydrogen (secondary N) is 3. The number of imidazole rings is 1. The Bertz CT molecular complexity index is 659. The third-order valence-corrected chi connectivity index (χ3v) is 4.31. The fourth-order valence-corrected chi connectivity index (χ4v) is 2.74. The van der Waals surface area contributed by atoms with Crippen LogP contribution in [0.1, 0.15) is 18.4 Å². The molecule has 0 aromatic carbocycles. The molecule has 2 heterocycles. The summed E-state index contributed by atoms with van der Waals surface area (Å²) in [7, 11) is -1.70. The molecule has 0 unspecified atom stereocenters. The van der Waals surface area contributed by atoms with E-state index in [0.717, 1.165) is 12.2 Å². The molecule has 0 spiro atoms. The van der Waals surface area contributed by atoms with Gasteiger partial charge in [0.2, 0.25) is 10.0 Å². The average molecular weight is 297 g/mol. The van der Waals surface area contributed by atoms with Crippen molar-refractivity contribution in [2.24, 2.45) is 7.05 Å². The highest BCUT2D eigenvalue weighted by molar-refractivity contribution is 7.89. The molecule has 7 nitrogen and oxygen atoms in total. The van der Waals surface area contributed by atoms with Gasteiger partial charge in [-0.25, -0.2) is 18.1 Å². The second-order valence-electron chi connectivity index (χ2n) is 4.42. The lowest BCUT2D eigenvalue weighted by Crippen LogP contribution is -2.24. The quantitative estimate of drug-likeness (QED) is 0.687. The van der Waals surface area contributed by atoms with E-state index in [4.69, 9.17) is 0 Å². The van der Waals surface area contributed by atoms with Crippen LogP contribution in [-0.2, 0) is 30.2 Å². The predicted octanol–water partition coefficient (Wildman–Crippen LogP) is 0.336. The maximum atomic E-state index is 12.1. The van der Waals surface area contributed by atoms with Crippen molar-refractivity contribution >= 4 is 10.0 Å². The summed E-state index contributed by atoms with van der Waals surface area (Å²) in [5, 5.41) is 3.13. The van der Waals surface area contributed by atoms with Gasteiger partial charge in [-0.15, -0.1) is 0 Å². The number of hydrogen-bond donors (Lipinski definition) is 3. The number of H-pyrrole nitrogens is 1. The fourth-order valence-electron chi connectivity index (χ4n) is 1.75. The molecule has 2 aromatic rings. The molecule has 0 saturated carbocycles. The number of hydrogen-bond acceptors (Lipinski definition) is 4. The number of sulfonamides is 1. The summed E-state index contributed by atoms with van der Waals surface area (Å²) >= 11 is 0. The zero-order valence-electron chi connectivity index (χ0n) is 11.5. The van der Waals surface area contributed by atoms with Crippen molar-refractivity contribution in [3.05, 3.63) is 36.2 Å². The summed E-state index contributed by atoms with van der Waals surface area (Å²) < 4.78 is 28.6. The highest BCUT2D eigenvalue weighted by Gasteiger charge is 2.16. The Morgan fingerprint density at radius 1 is 1.40 bits per heavy atom. The van der Waals surface area contributed by atoms with Gasteiger partial charge in [-0.2, -0.15) is 0 Å². The maximum Gasteiger partial charge on any atom is 0.242 e. The van der Waals surface area contributed by atoms with Crippen molar-refractivity contribution in [1.29, 1.82) is 0 Å². The monoisotopic (exact) mass is 297 g/mol. The minimum atomic E-state index is -3.52. The molecule has 8 heteroatoms. The van der Waals surface area contributed by atoms with E-state index in [1.807, 2.05) is 14.0 Å². The smallest absolute Gasteiger partial charge is 0.242 e. The van der Waals surface area contributed by atoms with Crippen LogP contribution in [0.25, 0.3) is 0 Å². The highest BCUT2D eigenvalue weighted by atomic mass is 32.2. The van der Waals surface area contributed by atoms with Crippen LogP contribution in [0, 0.1) is 0 Å². The lowest BCUT2D eigenvalue weighted by molar-refractivity contribution is 0.577. The van der Waals surface area contributed by atoms with E-state index in [9.17, 15) is 8.42 Å². The maximum absolute atomic E-state index is 12.1. The second-order valence-corrected chi connectivity index (χ2v) is 6.19. The van der Waals surface area contributed by atoms with Crippen LogP contribution in [0.15, 0.2) is 29.6 Å². The summed E-state index contributed by atoms with van der Waals surface area (Å²) in [6.45, 7) is 3.61. The first-order valence-corrected chi connectivity index (χ1v) is 7.85. The molecular weight excluding hydrogens is 278 g/mol. The molecule has 20 heavy (non-hydrogen) atoms. The standard InChI is InChI=1S/C12H19N5O2S/c1-3-13-7-10-6-11(8-15-10)20(18,19)16-9-12-14-4-5-17(12)2/h4-6,8,13,15-16H,3,7,9H2,1-2H3. The topological polar surface area (TPSA) is 91.8 Å². The van der Waals surface area contributed by atoms with Crippen LogP contribution in [0.2, 0.25) is 0 Å². The van der Waals surface area contributed by atoms with Crippen molar-refractivity contribution in [3.63, 3.8) is 0 Å².